The third-order valence-electron chi connectivity index (χ3n) is 3.82. The van der Waals surface area contributed by atoms with E-state index < -0.39 is 0 Å². The first-order chi connectivity index (χ1) is 12.2. The predicted molar refractivity (Wildman–Crippen MR) is 107 cm³/mol. The molecule has 4 rings (SSSR count). The highest BCUT2D eigenvalue weighted by Crippen LogP contribution is 2.26. The van der Waals surface area contributed by atoms with E-state index in [1.807, 2.05) is 30.3 Å². The van der Waals surface area contributed by atoms with Gasteiger partial charge in [-0.15, -0.1) is 22.7 Å². The van der Waals surface area contributed by atoms with Crippen molar-refractivity contribution in [1.82, 2.24) is 14.9 Å². The van der Waals surface area contributed by atoms with Crippen LogP contribution in [0.4, 0.5) is 0 Å². The molecule has 0 saturated carbocycles. The number of fused-ring (bicyclic) bond motifs is 1. The van der Waals surface area contributed by atoms with Crippen molar-refractivity contribution in [3.05, 3.63) is 69.6 Å². The lowest BCUT2D eigenvalue weighted by molar-refractivity contribution is 0.315. The minimum absolute atomic E-state index is 0.746. The second kappa shape index (κ2) is 7.22. The predicted octanol–water partition coefficient (Wildman–Crippen LogP) is 5.71. The third-order valence-corrected chi connectivity index (χ3v) is 6.03. The summed E-state index contributed by atoms with van der Waals surface area (Å²) in [6, 6.07) is 16.1. The first-order valence-corrected chi connectivity index (χ1v) is 9.98. The SMILES string of the molecule is CN(Cc1csc(-c2ccc(Cl)cc2)n1)Cc1nc2ccccc2s1. The van der Waals surface area contributed by atoms with E-state index in [1.54, 1.807) is 22.7 Å². The van der Waals surface area contributed by atoms with E-state index in [-0.39, 0.29) is 0 Å². The summed E-state index contributed by atoms with van der Waals surface area (Å²) in [4.78, 5) is 11.7. The van der Waals surface area contributed by atoms with E-state index in [1.165, 1.54) is 4.70 Å². The maximum absolute atomic E-state index is 5.95. The van der Waals surface area contributed by atoms with Crippen LogP contribution in [0.3, 0.4) is 0 Å². The summed E-state index contributed by atoms with van der Waals surface area (Å²) in [5.41, 5.74) is 3.27. The molecule has 2 aromatic heterocycles. The van der Waals surface area contributed by atoms with Gasteiger partial charge in [-0.05, 0) is 31.3 Å². The fourth-order valence-corrected chi connectivity index (χ4v) is 4.65. The molecule has 3 nitrogen and oxygen atoms in total. The van der Waals surface area contributed by atoms with Crippen molar-refractivity contribution in [2.45, 2.75) is 13.1 Å². The van der Waals surface area contributed by atoms with Crippen LogP contribution >= 0.6 is 34.3 Å². The molecule has 0 unspecified atom stereocenters. The van der Waals surface area contributed by atoms with Crippen LogP contribution in [0.1, 0.15) is 10.7 Å². The Morgan fingerprint density at radius 1 is 1.00 bits per heavy atom. The van der Waals surface area contributed by atoms with Crippen molar-refractivity contribution >= 4 is 44.5 Å². The second-order valence-corrected chi connectivity index (χ2v) is 8.31. The lowest BCUT2D eigenvalue weighted by atomic mass is 10.2. The summed E-state index contributed by atoms with van der Waals surface area (Å²) in [6.45, 7) is 1.63. The number of hydrogen-bond acceptors (Lipinski definition) is 5. The molecule has 0 saturated heterocycles. The largest absolute Gasteiger partial charge is 0.294 e. The fraction of sp³-hybridized carbons (Fsp3) is 0.158. The summed E-state index contributed by atoms with van der Waals surface area (Å²) in [5, 5.41) is 5.03. The molecule has 6 heteroatoms. The molecule has 0 atom stereocenters. The molecule has 2 aromatic carbocycles. The smallest absolute Gasteiger partial charge is 0.123 e. The van der Waals surface area contributed by atoms with Crippen molar-refractivity contribution in [3.63, 3.8) is 0 Å². The molecular formula is C19H16ClN3S2. The normalized spacial score (nSPS) is 11.5. The Morgan fingerprint density at radius 3 is 2.60 bits per heavy atom. The number of nitrogens with zero attached hydrogens (tertiary/aromatic N) is 3. The standard InChI is InChI=1S/C19H16ClN3S2/c1-23(11-18-22-16-4-2-3-5-17(16)25-18)10-15-12-24-19(21-15)13-6-8-14(20)9-7-13/h2-9,12H,10-11H2,1H3. The minimum Gasteiger partial charge on any atom is -0.294 e. The zero-order valence-electron chi connectivity index (χ0n) is 13.6. The van der Waals surface area contributed by atoms with Gasteiger partial charge in [-0.3, -0.25) is 4.90 Å². The Hall–Kier alpha value is -1.79. The molecular weight excluding hydrogens is 370 g/mol. The van der Waals surface area contributed by atoms with Gasteiger partial charge in [0.05, 0.1) is 22.5 Å². The van der Waals surface area contributed by atoms with Crippen molar-refractivity contribution in [3.8, 4) is 10.6 Å². The van der Waals surface area contributed by atoms with Gasteiger partial charge in [-0.2, -0.15) is 0 Å². The lowest BCUT2D eigenvalue weighted by Crippen LogP contribution is -2.17. The van der Waals surface area contributed by atoms with Gasteiger partial charge in [0.25, 0.3) is 0 Å². The van der Waals surface area contributed by atoms with Crippen molar-refractivity contribution < 1.29 is 0 Å². The Kier molecular flexibility index (Phi) is 4.81. The number of halogens is 1. The number of benzene rings is 2. The Labute approximate surface area is 159 Å². The number of para-hydroxylation sites is 1. The van der Waals surface area contributed by atoms with E-state index in [9.17, 15) is 0 Å². The zero-order chi connectivity index (χ0) is 17.2. The van der Waals surface area contributed by atoms with E-state index in [4.69, 9.17) is 21.6 Å². The van der Waals surface area contributed by atoms with Gasteiger partial charge < -0.3 is 0 Å². The van der Waals surface area contributed by atoms with Crippen LogP contribution in [0, 0.1) is 0 Å². The number of rotatable bonds is 5. The molecule has 0 amide bonds. The summed E-state index contributed by atoms with van der Waals surface area (Å²) >= 11 is 9.37. The second-order valence-electron chi connectivity index (χ2n) is 5.90. The first-order valence-electron chi connectivity index (χ1n) is 7.91. The van der Waals surface area contributed by atoms with Crippen LogP contribution in [-0.4, -0.2) is 21.9 Å². The maximum Gasteiger partial charge on any atom is 0.123 e. The van der Waals surface area contributed by atoms with Crippen molar-refractivity contribution in [2.75, 3.05) is 7.05 Å². The van der Waals surface area contributed by atoms with Gasteiger partial charge in [0.15, 0.2) is 0 Å². The molecule has 0 radical (unpaired) electrons. The van der Waals surface area contributed by atoms with Crippen molar-refractivity contribution in [1.29, 1.82) is 0 Å². The van der Waals surface area contributed by atoms with Crippen LogP contribution < -0.4 is 0 Å². The maximum atomic E-state index is 5.95. The van der Waals surface area contributed by atoms with Gasteiger partial charge >= 0.3 is 0 Å². The topological polar surface area (TPSA) is 29.0 Å². The fourth-order valence-electron chi connectivity index (χ4n) is 2.66. The van der Waals surface area contributed by atoms with Crippen LogP contribution in [-0.2, 0) is 13.1 Å². The van der Waals surface area contributed by atoms with Crippen LogP contribution in [0.5, 0.6) is 0 Å². The van der Waals surface area contributed by atoms with Gasteiger partial charge in [0.1, 0.15) is 10.0 Å². The molecule has 4 aromatic rings. The van der Waals surface area contributed by atoms with E-state index in [0.717, 1.165) is 44.9 Å². The number of hydrogen-bond donors (Lipinski definition) is 0. The molecule has 0 N–H and O–H groups in total. The molecule has 0 aliphatic carbocycles. The highest BCUT2D eigenvalue weighted by molar-refractivity contribution is 7.18. The Balaban J connectivity index is 1.44. The summed E-state index contributed by atoms with van der Waals surface area (Å²) in [5.74, 6) is 0. The van der Waals surface area contributed by atoms with Crippen LogP contribution in [0.2, 0.25) is 5.02 Å². The Morgan fingerprint density at radius 2 is 1.80 bits per heavy atom. The molecule has 25 heavy (non-hydrogen) atoms. The molecule has 126 valence electrons. The van der Waals surface area contributed by atoms with Gasteiger partial charge in [0, 0.05) is 22.5 Å². The average Bonchev–Trinajstić information content (AvgIpc) is 3.21. The molecule has 0 aliphatic heterocycles. The zero-order valence-corrected chi connectivity index (χ0v) is 16.0. The van der Waals surface area contributed by atoms with Gasteiger partial charge in [0.2, 0.25) is 0 Å². The summed E-state index contributed by atoms with van der Waals surface area (Å²) in [7, 11) is 2.10. The van der Waals surface area contributed by atoms with Crippen LogP contribution in [0.25, 0.3) is 20.8 Å². The number of thiazole rings is 2. The highest BCUT2D eigenvalue weighted by Gasteiger charge is 2.10. The number of aromatic nitrogens is 2. The molecule has 0 bridgehead atoms. The summed E-state index contributed by atoms with van der Waals surface area (Å²) in [6.07, 6.45) is 0. The molecule has 0 aliphatic rings. The summed E-state index contributed by atoms with van der Waals surface area (Å²) < 4.78 is 1.24. The van der Waals surface area contributed by atoms with Crippen molar-refractivity contribution in [2.24, 2.45) is 0 Å². The quantitative estimate of drug-likeness (QED) is 0.441. The Bertz CT molecular complexity index is 958. The minimum atomic E-state index is 0.746. The monoisotopic (exact) mass is 385 g/mol. The average molecular weight is 386 g/mol. The van der Waals surface area contributed by atoms with Crippen LogP contribution in [0.15, 0.2) is 53.9 Å². The van der Waals surface area contributed by atoms with E-state index >= 15 is 0 Å². The van der Waals surface area contributed by atoms with E-state index in [2.05, 4.69) is 35.5 Å². The van der Waals surface area contributed by atoms with Gasteiger partial charge in [-0.1, -0.05) is 35.9 Å². The van der Waals surface area contributed by atoms with Gasteiger partial charge in [-0.25, -0.2) is 9.97 Å². The lowest BCUT2D eigenvalue weighted by Gasteiger charge is -2.12. The third kappa shape index (κ3) is 3.90. The highest BCUT2D eigenvalue weighted by atomic mass is 35.5. The molecule has 0 fully saturated rings. The molecule has 0 spiro atoms. The first kappa shape index (κ1) is 16.7. The van der Waals surface area contributed by atoms with E-state index in [0.29, 0.717) is 0 Å². The molecule has 2 heterocycles.